The fourth-order valence-electron chi connectivity index (χ4n) is 0.385. The highest BCUT2D eigenvalue weighted by atomic mass is 14.6. The number of allylic oxidation sites excluding steroid dienone is 1. The first-order valence-corrected chi connectivity index (χ1v) is 2.69. The molecule has 0 rings (SSSR count). The van der Waals surface area contributed by atoms with E-state index in [-0.39, 0.29) is 5.41 Å². The second-order valence-corrected chi connectivity index (χ2v) is 2.41. The smallest absolute Gasteiger partial charge is 0.0273 e. The predicted octanol–water partition coefficient (Wildman–Crippen LogP) is 1.90. The van der Waals surface area contributed by atoms with Gasteiger partial charge in [-0.15, -0.1) is 6.58 Å². The normalized spacial score (nSPS) is 12.4. The van der Waals surface area contributed by atoms with Crippen LogP contribution in [-0.4, -0.2) is 13.3 Å². The van der Waals surface area contributed by atoms with E-state index in [1.165, 1.54) is 0 Å². The summed E-state index contributed by atoms with van der Waals surface area (Å²) < 4.78 is 0. The first kappa shape index (κ1) is 7.41. The van der Waals surface area contributed by atoms with Crippen LogP contribution in [0, 0.1) is 5.41 Å². The molecule has 46 valence electrons. The zero-order chi connectivity index (χ0) is 6.62. The Morgan fingerprint density at radius 2 is 2.00 bits per heavy atom. The van der Waals surface area contributed by atoms with E-state index in [2.05, 4.69) is 25.4 Å². The third kappa shape index (κ3) is 2.56. The lowest BCUT2D eigenvalue weighted by Gasteiger charge is -2.10. The van der Waals surface area contributed by atoms with Crippen LogP contribution in [0.15, 0.2) is 17.6 Å². The maximum atomic E-state index is 3.88. The van der Waals surface area contributed by atoms with E-state index in [9.17, 15) is 0 Å². The number of aliphatic imine (C=N–C) groups is 1. The van der Waals surface area contributed by atoms with Gasteiger partial charge in [-0.3, -0.25) is 4.99 Å². The van der Waals surface area contributed by atoms with E-state index >= 15 is 0 Å². The van der Waals surface area contributed by atoms with Gasteiger partial charge >= 0.3 is 0 Å². The van der Waals surface area contributed by atoms with E-state index in [4.69, 9.17) is 0 Å². The molecule has 0 aromatic carbocycles. The van der Waals surface area contributed by atoms with Crippen molar-refractivity contribution < 1.29 is 0 Å². The predicted molar refractivity (Wildman–Crippen MR) is 38.4 cm³/mol. The fourth-order valence-corrected chi connectivity index (χ4v) is 0.385. The van der Waals surface area contributed by atoms with Crippen LogP contribution in [0.25, 0.3) is 0 Å². The molecular weight excluding hydrogens is 98.1 g/mol. The van der Waals surface area contributed by atoms with Gasteiger partial charge in [-0.1, -0.05) is 19.9 Å². The van der Waals surface area contributed by atoms with Crippen molar-refractivity contribution in [3.8, 4) is 0 Å². The SMILES string of the molecule is C=CC(C)(C)C=NC. The Kier molecular flexibility index (Phi) is 2.46. The van der Waals surface area contributed by atoms with Crippen molar-refractivity contribution in [2.45, 2.75) is 13.8 Å². The Morgan fingerprint density at radius 3 is 2.12 bits per heavy atom. The Balaban J connectivity index is 3.90. The zero-order valence-corrected chi connectivity index (χ0v) is 5.81. The number of rotatable bonds is 2. The van der Waals surface area contributed by atoms with Crippen LogP contribution in [0.3, 0.4) is 0 Å². The summed E-state index contributed by atoms with van der Waals surface area (Å²) >= 11 is 0. The summed E-state index contributed by atoms with van der Waals surface area (Å²) in [5.41, 5.74) is 0.0642. The Hall–Kier alpha value is -0.590. The van der Waals surface area contributed by atoms with Gasteiger partial charge in [0.1, 0.15) is 0 Å². The summed E-state index contributed by atoms with van der Waals surface area (Å²) in [7, 11) is 1.77. The molecule has 1 heteroatoms. The highest BCUT2D eigenvalue weighted by Crippen LogP contribution is 2.11. The van der Waals surface area contributed by atoms with Gasteiger partial charge in [-0.05, 0) is 0 Å². The summed E-state index contributed by atoms with van der Waals surface area (Å²) in [5.74, 6) is 0. The lowest BCUT2D eigenvalue weighted by molar-refractivity contribution is 0.695. The topological polar surface area (TPSA) is 12.4 Å². The Bertz CT molecular complexity index is 101. The van der Waals surface area contributed by atoms with Gasteiger partial charge in [0.15, 0.2) is 0 Å². The van der Waals surface area contributed by atoms with Crippen LogP contribution in [0.5, 0.6) is 0 Å². The molecule has 0 atom stereocenters. The molecule has 0 heterocycles. The second-order valence-electron chi connectivity index (χ2n) is 2.41. The van der Waals surface area contributed by atoms with Crippen molar-refractivity contribution in [1.29, 1.82) is 0 Å². The van der Waals surface area contributed by atoms with E-state index in [1.54, 1.807) is 7.05 Å². The fraction of sp³-hybridized carbons (Fsp3) is 0.571. The van der Waals surface area contributed by atoms with Gasteiger partial charge in [0, 0.05) is 18.7 Å². The van der Waals surface area contributed by atoms with Gasteiger partial charge < -0.3 is 0 Å². The third-order valence-electron chi connectivity index (χ3n) is 0.988. The molecule has 0 aromatic rings. The molecule has 0 fully saturated rings. The molecule has 0 radical (unpaired) electrons. The first-order valence-electron chi connectivity index (χ1n) is 2.69. The minimum atomic E-state index is 0.0642. The molecule has 0 spiro atoms. The van der Waals surface area contributed by atoms with Crippen molar-refractivity contribution in [1.82, 2.24) is 0 Å². The molecule has 8 heavy (non-hydrogen) atoms. The minimum Gasteiger partial charge on any atom is -0.300 e. The van der Waals surface area contributed by atoms with Crippen LogP contribution in [-0.2, 0) is 0 Å². The molecule has 0 N–H and O–H groups in total. The summed E-state index contributed by atoms with van der Waals surface area (Å²) in [6, 6.07) is 0. The van der Waals surface area contributed by atoms with Gasteiger partial charge in [0.25, 0.3) is 0 Å². The highest BCUT2D eigenvalue weighted by Gasteiger charge is 2.06. The molecule has 0 aliphatic heterocycles. The summed E-state index contributed by atoms with van der Waals surface area (Å²) in [6.45, 7) is 7.78. The second kappa shape index (κ2) is 2.65. The monoisotopic (exact) mass is 111 g/mol. The minimum absolute atomic E-state index is 0.0642. The molecule has 0 aliphatic rings. The summed E-state index contributed by atoms with van der Waals surface area (Å²) in [5, 5.41) is 0. The molecule has 0 amide bonds. The number of nitrogens with zero attached hydrogens (tertiary/aromatic N) is 1. The van der Waals surface area contributed by atoms with E-state index < -0.39 is 0 Å². The Morgan fingerprint density at radius 1 is 1.50 bits per heavy atom. The van der Waals surface area contributed by atoms with Crippen LogP contribution in [0.4, 0.5) is 0 Å². The lowest BCUT2D eigenvalue weighted by atomic mass is 9.96. The quantitative estimate of drug-likeness (QED) is 0.381. The molecule has 0 saturated carbocycles. The van der Waals surface area contributed by atoms with Gasteiger partial charge in [0.2, 0.25) is 0 Å². The van der Waals surface area contributed by atoms with Crippen molar-refractivity contribution in [2.24, 2.45) is 10.4 Å². The maximum Gasteiger partial charge on any atom is 0.0273 e. The van der Waals surface area contributed by atoms with Crippen LogP contribution < -0.4 is 0 Å². The van der Waals surface area contributed by atoms with Gasteiger partial charge in [0.05, 0.1) is 0 Å². The van der Waals surface area contributed by atoms with Crippen LogP contribution in [0.2, 0.25) is 0 Å². The zero-order valence-electron chi connectivity index (χ0n) is 5.81. The average Bonchev–Trinajstić information content (AvgIpc) is 1.67. The molecule has 0 saturated heterocycles. The first-order chi connectivity index (χ1) is 3.62. The van der Waals surface area contributed by atoms with Gasteiger partial charge in [-0.25, -0.2) is 0 Å². The van der Waals surface area contributed by atoms with E-state index in [0.29, 0.717) is 0 Å². The van der Waals surface area contributed by atoms with E-state index in [0.717, 1.165) is 0 Å². The maximum absolute atomic E-state index is 3.88. The molecule has 0 bridgehead atoms. The molecular formula is C7H13N. The number of hydrogen-bond acceptors (Lipinski definition) is 1. The standard InChI is InChI=1S/C7H13N/c1-5-7(2,3)6-8-4/h5-6H,1H2,2-4H3. The number of hydrogen-bond donors (Lipinski definition) is 0. The molecule has 1 nitrogen and oxygen atoms in total. The third-order valence-corrected chi connectivity index (χ3v) is 0.988. The average molecular weight is 111 g/mol. The van der Waals surface area contributed by atoms with E-state index in [1.807, 2.05) is 12.3 Å². The summed E-state index contributed by atoms with van der Waals surface area (Å²) in [6.07, 6.45) is 3.75. The molecule has 0 aliphatic carbocycles. The van der Waals surface area contributed by atoms with Gasteiger partial charge in [-0.2, -0.15) is 0 Å². The lowest BCUT2D eigenvalue weighted by Crippen LogP contribution is -2.07. The molecule has 0 aromatic heterocycles. The van der Waals surface area contributed by atoms with Crippen molar-refractivity contribution in [2.75, 3.05) is 7.05 Å². The largest absolute Gasteiger partial charge is 0.300 e. The van der Waals surface area contributed by atoms with Crippen molar-refractivity contribution in [3.05, 3.63) is 12.7 Å². The highest BCUT2D eigenvalue weighted by molar-refractivity contribution is 5.66. The van der Waals surface area contributed by atoms with Crippen LogP contribution >= 0.6 is 0 Å². The van der Waals surface area contributed by atoms with Crippen molar-refractivity contribution in [3.63, 3.8) is 0 Å². The molecule has 0 unspecified atom stereocenters. The summed E-state index contributed by atoms with van der Waals surface area (Å²) in [4.78, 5) is 3.88. The van der Waals surface area contributed by atoms with Crippen LogP contribution in [0.1, 0.15) is 13.8 Å². The van der Waals surface area contributed by atoms with Crippen molar-refractivity contribution >= 4 is 6.21 Å². The Labute approximate surface area is 51.1 Å².